The predicted molar refractivity (Wildman–Crippen MR) is 55.0 cm³/mol. The summed E-state index contributed by atoms with van der Waals surface area (Å²) in [5.74, 6) is 5.87. The molecule has 1 rings (SSSR count). The zero-order valence-electron chi connectivity index (χ0n) is 7.05. The summed E-state index contributed by atoms with van der Waals surface area (Å²) in [5.41, 5.74) is 6.94. The fourth-order valence-corrected chi connectivity index (χ4v) is 1.07. The first-order valence-corrected chi connectivity index (χ1v) is 4.49. The van der Waals surface area contributed by atoms with Crippen LogP contribution in [0.2, 0.25) is 0 Å². The van der Waals surface area contributed by atoms with E-state index in [1.165, 1.54) is 12.1 Å². The molecule has 0 unspecified atom stereocenters. The molecule has 0 aromatic heterocycles. The Morgan fingerprint density at radius 2 is 2.23 bits per heavy atom. The average Bonchev–Trinajstić information content (AvgIpc) is 2.16. The molecule has 0 fully saturated rings. The van der Waals surface area contributed by atoms with Crippen molar-refractivity contribution in [1.82, 2.24) is 0 Å². The van der Waals surface area contributed by atoms with Crippen LogP contribution in [0.4, 0.5) is 4.39 Å². The largest absolute Gasteiger partial charge is 0.326 e. The molecule has 0 atom stereocenters. The second kappa shape index (κ2) is 4.90. The first-order chi connectivity index (χ1) is 6.27. The minimum absolute atomic E-state index is 0.281. The molecule has 0 amide bonds. The molecule has 0 spiro atoms. The smallest absolute Gasteiger partial charge is 0.123 e. The minimum atomic E-state index is -0.281. The second-order valence-electron chi connectivity index (χ2n) is 2.47. The summed E-state index contributed by atoms with van der Waals surface area (Å²) in [7, 11) is 0. The van der Waals surface area contributed by atoms with Crippen LogP contribution in [0.5, 0.6) is 0 Å². The number of benzene rings is 1. The molecule has 13 heavy (non-hydrogen) atoms. The van der Waals surface area contributed by atoms with Crippen molar-refractivity contribution in [2.75, 3.05) is 5.75 Å². The first kappa shape index (κ1) is 10.1. The van der Waals surface area contributed by atoms with Gasteiger partial charge in [-0.05, 0) is 23.8 Å². The predicted octanol–water partition coefficient (Wildman–Crippen LogP) is 1.57. The van der Waals surface area contributed by atoms with Crippen LogP contribution in [0.1, 0.15) is 11.1 Å². The Balaban J connectivity index is 3.06. The van der Waals surface area contributed by atoms with Crippen molar-refractivity contribution in [3.63, 3.8) is 0 Å². The number of rotatable bonds is 1. The van der Waals surface area contributed by atoms with Gasteiger partial charge in [-0.1, -0.05) is 11.8 Å². The lowest BCUT2D eigenvalue weighted by Gasteiger charge is -2.00. The standard InChI is InChI=1S/C10H10FNS/c11-10-4-3-8(2-1-5-13)9(6-10)7-12/h3-4,6,13H,5,7,12H2. The third-order valence-electron chi connectivity index (χ3n) is 1.59. The van der Waals surface area contributed by atoms with Gasteiger partial charge in [0.15, 0.2) is 0 Å². The van der Waals surface area contributed by atoms with Crippen LogP contribution in [-0.4, -0.2) is 5.75 Å². The van der Waals surface area contributed by atoms with Gasteiger partial charge in [-0.25, -0.2) is 4.39 Å². The van der Waals surface area contributed by atoms with E-state index in [2.05, 4.69) is 24.5 Å². The maximum Gasteiger partial charge on any atom is 0.123 e. The highest BCUT2D eigenvalue weighted by Crippen LogP contribution is 2.09. The van der Waals surface area contributed by atoms with Crippen LogP contribution in [0.15, 0.2) is 18.2 Å². The minimum Gasteiger partial charge on any atom is -0.326 e. The summed E-state index contributed by atoms with van der Waals surface area (Å²) in [6.07, 6.45) is 0. The molecule has 1 aromatic rings. The second-order valence-corrected chi connectivity index (χ2v) is 2.78. The molecule has 1 nitrogen and oxygen atoms in total. The Morgan fingerprint density at radius 3 is 2.85 bits per heavy atom. The van der Waals surface area contributed by atoms with Crippen LogP contribution in [0, 0.1) is 17.7 Å². The monoisotopic (exact) mass is 195 g/mol. The Hall–Kier alpha value is -0.980. The van der Waals surface area contributed by atoms with E-state index < -0.39 is 0 Å². The molecule has 0 aliphatic heterocycles. The van der Waals surface area contributed by atoms with Gasteiger partial charge in [-0.3, -0.25) is 0 Å². The van der Waals surface area contributed by atoms with Crippen molar-refractivity contribution < 1.29 is 4.39 Å². The van der Waals surface area contributed by atoms with E-state index in [4.69, 9.17) is 5.73 Å². The topological polar surface area (TPSA) is 26.0 Å². The van der Waals surface area contributed by atoms with Crippen molar-refractivity contribution in [3.8, 4) is 11.8 Å². The molecule has 3 heteroatoms. The zero-order valence-corrected chi connectivity index (χ0v) is 7.94. The van der Waals surface area contributed by atoms with E-state index >= 15 is 0 Å². The van der Waals surface area contributed by atoms with Gasteiger partial charge in [-0.2, -0.15) is 12.6 Å². The molecular weight excluding hydrogens is 185 g/mol. The van der Waals surface area contributed by atoms with Gasteiger partial charge in [0.05, 0.1) is 5.75 Å². The Kier molecular flexibility index (Phi) is 3.81. The molecule has 0 aliphatic carbocycles. The van der Waals surface area contributed by atoms with E-state index in [-0.39, 0.29) is 5.82 Å². The van der Waals surface area contributed by atoms with Crippen LogP contribution < -0.4 is 5.73 Å². The highest BCUT2D eigenvalue weighted by Gasteiger charge is 1.99. The third-order valence-corrected chi connectivity index (χ3v) is 1.75. The quantitative estimate of drug-likeness (QED) is 0.516. The van der Waals surface area contributed by atoms with Gasteiger partial charge >= 0.3 is 0 Å². The highest BCUT2D eigenvalue weighted by molar-refractivity contribution is 7.80. The van der Waals surface area contributed by atoms with Gasteiger partial charge in [-0.15, -0.1) is 0 Å². The summed E-state index contributed by atoms with van der Waals surface area (Å²) in [5, 5.41) is 0. The number of nitrogens with two attached hydrogens (primary N) is 1. The maximum atomic E-state index is 12.7. The molecule has 0 saturated carbocycles. The number of hydrogen-bond acceptors (Lipinski definition) is 2. The molecular formula is C10H10FNS. The normalized spacial score (nSPS) is 9.15. The van der Waals surface area contributed by atoms with Crippen molar-refractivity contribution >= 4 is 12.6 Å². The van der Waals surface area contributed by atoms with E-state index in [1.54, 1.807) is 6.07 Å². The summed E-state index contributed by atoms with van der Waals surface area (Å²) >= 11 is 3.96. The third kappa shape index (κ3) is 2.76. The molecule has 0 radical (unpaired) electrons. The van der Waals surface area contributed by atoms with Gasteiger partial charge in [0.25, 0.3) is 0 Å². The lowest BCUT2D eigenvalue weighted by molar-refractivity contribution is 0.625. The molecule has 0 heterocycles. The lowest BCUT2D eigenvalue weighted by atomic mass is 10.1. The van der Waals surface area contributed by atoms with Crippen LogP contribution in [0.3, 0.4) is 0 Å². The fourth-order valence-electron chi connectivity index (χ4n) is 0.988. The Morgan fingerprint density at radius 1 is 1.46 bits per heavy atom. The van der Waals surface area contributed by atoms with Gasteiger partial charge in [0, 0.05) is 12.1 Å². The number of thiol groups is 1. The van der Waals surface area contributed by atoms with Gasteiger partial charge in [0.1, 0.15) is 5.82 Å². The molecule has 0 bridgehead atoms. The van der Waals surface area contributed by atoms with E-state index in [0.29, 0.717) is 12.3 Å². The Labute approximate surface area is 82.6 Å². The fraction of sp³-hybridized carbons (Fsp3) is 0.200. The average molecular weight is 195 g/mol. The summed E-state index contributed by atoms with van der Waals surface area (Å²) in [6.45, 7) is 0.300. The van der Waals surface area contributed by atoms with Crippen molar-refractivity contribution in [2.45, 2.75) is 6.54 Å². The van der Waals surface area contributed by atoms with Crippen molar-refractivity contribution in [3.05, 3.63) is 35.1 Å². The van der Waals surface area contributed by atoms with Crippen molar-refractivity contribution in [2.24, 2.45) is 5.73 Å². The van der Waals surface area contributed by atoms with Crippen LogP contribution >= 0.6 is 12.6 Å². The maximum absolute atomic E-state index is 12.7. The molecule has 0 aliphatic rings. The SMILES string of the molecule is NCc1cc(F)ccc1C#CCS. The van der Waals surface area contributed by atoms with Gasteiger partial charge in [0.2, 0.25) is 0 Å². The highest BCUT2D eigenvalue weighted by atomic mass is 32.1. The van der Waals surface area contributed by atoms with Crippen LogP contribution in [-0.2, 0) is 6.54 Å². The first-order valence-electron chi connectivity index (χ1n) is 3.86. The zero-order chi connectivity index (χ0) is 9.68. The summed E-state index contributed by atoms with van der Waals surface area (Å²) < 4.78 is 12.7. The van der Waals surface area contributed by atoms with Crippen LogP contribution in [0.25, 0.3) is 0 Å². The lowest BCUT2D eigenvalue weighted by Crippen LogP contribution is -2.00. The number of halogens is 1. The molecule has 1 aromatic carbocycles. The van der Waals surface area contributed by atoms with E-state index in [1.807, 2.05) is 0 Å². The number of hydrogen-bond donors (Lipinski definition) is 2. The van der Waals surface area contributed by atoms with E-state index in [9.17, 15) is 4.39 Å². The van der Waals surface area contributed by atoms with Crippen molar-refractivity contribution in [1.29, 1.82) is 0 Å². The molecule has 68 valence electrons. The van der Waals surface area contributed by atoms with Gasteiger partial charge < -0.3 is 5.73 Å². The van der Waals surface area contributed by atoms with E-state index in [0.717, 1.165) is 11.1 Å². The molecule has 2 N–H and O–H groups in total. The Bertz CT molecular complexity index is 352. The molecule has 0 saturated heterocycles. The summed E-state index contributed by atoms with van der Waals surface area (Å²) in [4.78, 5) is 0. The summed E-state index contributed by atoms with van der Waals surface area (Å²) in [6, 6.07) is 4.41.